The number of halogens is 5. The monoisotopic (exact) mass is 329 g/mol. The molecule has 0 aliphatic rings. The summed E-state index contributed by atoms with van der Waals surface area (Å²) in [6.07, 6.45) is -4.46. The molecule has 0 heterocycles. The van der Waals surface area contributed by atoms with Crippen LogP contribution >= 0.6 is 27.5 Å². The van der Waals surface area contributed by atoms with Gasteiger partial charge in [-0.05, 0) is 17.7 Å². The lowest BCUT2D eigenvalue weighted by Gasteiger charge is -2.34. The van der Waals surface area contributed by atoms with Crippen LogP contribution in [-0.2, 0) is 5.41 Å². The molecule has 0 saturated carbocycles. The van der Waals surface area contributed by atoms with E-state index in [2.05, 4.69) is 15.9 Å². The number of alkyl halides is 3. The van der Waals surface area contributed by atoms with E-state index in [1.165, 1.54) is 13.8 Å². The molecule has 1 aromatic carbocycles. The second-order valence-electron chi connectivity index (χ2n) is 4.37. The molecule has 0 saturated heterocycles. The third-order valence-corrected chi connectivity index (χ3v) is 3.56. The van der Waals surface area contributed by atoms with Crippen LogP contribution in [0.1, 0.15) is 19.4 Å². The maximum atomic E-state index is 12.7. The zero-order chi connectivity index (χ0) is 13.4. The highest BCUT2D eigenvalue weighted by molar-refractivity contribution is 9.10. The van der Waals surface area contributed by atoms with Crippen LogP contribution in [0.2, 0.25) is 5.02 Å². The summed E-state index contributed by atoms with van der Waals surface area (Å²) in [5, 5.41) is 0.268. The fraction of sp³-hybridized carbons (Fsp3) is 0.455. The molecule has 0 bridgehead atoms. The Labute approximate surface area is 111 Å². The van der Waals surface area contributed by atoms with E-state index in [0.29, 0.717) is 10.0 Å². The number of benzene rings is 1. The lowest BCUT2D eigenvalue weighted by Crippen LogP contribution is -2.51. The summed E-state index contributed by atoms with van der Waals surface area (Å²) < 4.78 is 38.7. The minimum Gasteiger partial charge on any atom is -0.319 e. The van der Waals surface area contributed by atoms with Crippen molar-refractivity contribution in [2.24, 2.45) is 5.73 Å². The van der Waals surface area contributed by atoms with Crippen LogP contribution in [0.15, 0.2) is 22.7 Å². The molecule has 0 aromatic heterocycles. The number of hydrogen-bond donors (Lipinski definition) is 1. The molecule has 0 radical (unpaired) electrons. The minimum atomic E-state index is -4.46. The fourth-order valence-electron chi connectivity index (χ4n) is 1.59. The molecule has 0 amide bonds. The molecule has 0 aliphatic heterocycles. The predicted molar refractivity (Wildman–Crippen MR) is 66.2 cm³/mol. The molecule has 0 fully saturated rings. The molecule has 17 heavy (non-hydrogen) atoms. The zero-order valence-corrected chi connectivity index (χ0v) is 11.6. The van der Waals surface area contributed by atoms with Gasteiger partial charge in [0, 0.05) is 14.9 Å². The smallest absolute Gasteiger partial charge is 0.319 e. The Morgan fingerprint density at radius 1 is 1.29 bits per heavy atom. The van der Waals surface area contributed by atoms with Gasteiger partial charge in [-0.25, -0.2) is 0 Å². The van der Waals surface area contributed by atoms with Crippen molar-refractivity contribution in [1.82, 2.24) is 0 Å². The average molecular weight is 331 g/mol. The van der Waals surface area contributed by atoms with E-state index in [1.807, 2.05) is 0 Å². The van der Waals surface area contributed by atoms with Crippen molar-refractivity contribution in [3.8, 4) is 0 Å². The first-order valence-corrected chi connectivity index (χ1v) is 6.01. The summed E-state index contributed by atoms with van der Waals surface area (Å²) in [5.74, 6) is 0. The SMILES string of the molecule is CC(C)(c1ccc(Br)cc1Cl)C(N)C(F)(F)F. The Balaban J connectivity index is 3.21. The van der Waals surface area contributed by atoms with Crippen molar-refractivity contribution in [3.63, 3.8) is 0 Å². The minimum absolute atomic E-state index is 0.268. The predicted octanol–water partition coefficient (Wildman–Crippen LogP) is 4.27. The Kier molecular flexibility index (Phi) is 4.16. The number of rotatable bonds is 2. The van der Waals surface area contributed by atoms with Crippen molar-refractivity contribution in [1.29, 1.82) is 0 Å². The van der Waals surface area contributed by atoms with Crippen LogP contribution < -0.4 is 5.73 Å². The molecule has 1 atom stereocenters. The highest BCUT2D eigenvalue weighted by Gasteiger charge is 2.47. The molecule has 1 aromatic rings. The third kappa shape index (κ3) is 3.14. The first-order valence-electron chi connectivity index (χ1n) is 4.84. The maximum Gasteiger partial charge on any atom is 0.404 e. The fourth-order valence-corrected chi connectivity index (χ4v) is 2.51. The largest absolute Gasteiger partial charge is 0.404 e. The quantitative estimate of drug-likeness (QED) is 0.861. The van der Waals surface area contributed by atoms with Gasteiger partial charge in [-0.3, -0.25) is 0 Å². The van der Waals surface area contributed by atoms with Crippen LogP contribution in [0.3, 0.4) is 0 Å². The van der Waals surface area contributed by atoms with Crippen molar-refractivity contribution in [2.75, 3.05) is 0 Å². The molecule has 1 unspecified atom stereocenters. The van der Waals surface area contributed by atoms with Crippen molar-refractivity contribution in [3.05, 3.63) is 33.3 Å². The van der Waals surface area contributed by atoms with E-state index in [4.69, 9.17) is 17.3 Å². The molecule has 2 N–H and O–H groups in total. The second-order valence-corrected chi connectivity index (χ2v) is 5.69. The van der Waals surface area contributed by atoms with Gasteiger partial charge in [-0.15, -0.1) is 0 Å². The number of nitrogens with two attached hydrogens (primary N) is 1. The van der Waals surface area contributed by atoms with Gasteiger partial charge in [-0.1, -0.05) is 47.4 Å². The summed E-state index contributed by atoms with van der Waals surface area (Å²) in [6, 6.07) is 2.79. The Morgan fingerprint density at radius 3 is 2.24 bits per heavy atom. The lowest BCUT2D eigenvalue weighted by molar-refractivity contribution is -0.160. The Morgan fingerprint density at radius 2 is 1.82 bits per heavy atom. The topological polar surface area (TPSA) is 26.0 Å². The van der Waals surface area contributed by atoms with E-state index in [0.717, 1.165) is 0 Å². The van der Waals surface area contributed by atoms with Crippen LogP contribution in [0.4, 0.5) is 13.2 Å². The summed E-state index contributed by atoms with van der Waals surface area (Å²) >= 11 is 9.16. The molecule has 1 rings (SSSR count). The first-order chi connectivity index (χ1) is 7.56. The molecule has 6 heteroatoms. The third-order valence-electron chi connectivity index (χ3n) is 2.76. The van der Waals surface area contributed by atoms with Crippen LogP contribution in [-0.4, -0.2) is 12.2 Å². The zero-order valence-electron chi connectivity index (χ0n) is 9.28. The average Bonchev–Trinajstić information content (AvgIpc) is 2.14. The first kappa shape index (κ1) is 14.8. The maximum absolute atomic E-state index is 12.7. The van der Waals surface area contributed by atoms with E-state index < -0.39 is 17.6 Å². The molecular weight excluding hydrogens is 318 g/mol. The highest BCUT2D eigenvalue weighted by Crippen LogP contribution is 2.39. The van der Waals surface area contributed by atoms with E-state index in [1.54, 1.807) is 18.2 Å². The second kappa shape index (κ2) is 4.78. The normalized spacial score (nSPS) is 14.8. The van der Waals surface area contributed by atoms with Gasteiger partial charge >= 0.3 is 6.18 Å². The summed E-state index contributed by atoms with van der Waals surface area (Å²) in [7, 11) is 0. The van der Waals surface area contributed by atoms with Crippen LogP contribution in [0.5, 0.6) is 0 Å². The molecular formula is C11H12BrClF3N. The molecule has 0 spiro atoms. The van der Waals surface area contributed by atoms with Crippen molar-refractivity contribution < 1.29 is 13.2 Å². The Hall–Kier alpha value is -0.260. The molecule has 96 valence electrons. The van der Waals surface area contributed by atoms with E-state index in [-0.39, 0.29) is 5.02 Å². The van der Waals surface area contributed by atoms with Crippen molar-refractivity contribution >= 4 is 27.5 Å². The number of hydrogen-bond acceptors (Lipinski definition) is 1. The molecule has 0 aliphatic carbocycles. The van der Waals surface area contributed by atoms with Crippen molar-refractivity contribution in [2.45, 2.75) is 31.5 Å². The Bertz CT molecular complexity index is 418. The summed E-state index contributed by atoms with van der Waals surface area (Å²) in [6.45, 7) is 2.86. The molecule has 1 nitrogen and oxygen atoms in total. The van der Waals surface area contributed by atoms with Gasteiger partial charge in [-0.2, -0.15) is 13.2 Å². The highest BCUT2D eigenvalue weighted by atomic mass is 79.9. The van der Waals surface area contributed by atoms with Gasteiger partial charge in [0.05, 0.1) is 0 Å². The van der Waals surface area contributed by atoms with Gasteiger partial charge in [0.25, 0.3) is 0 Å². The standard InChI is InChI=1S/C11H12BrClF3N/c1-10(2,9(17)11(14,15)16)7-4-3-6(12)5-8(7)13/h3-5,9H,17H2,1-2H3. The van der Waals surface area contributed by atoms with Crippen LogP contribution in [0, 0.1) is 0 Å². The van der Waals surface area contributed by atoms with Gasteiger partial charge in [0.15, 0.2) is 0 Å². The summed E-state index contributed by atoms with van der Waals surface area (Å²) in [4.78, 5) is 0. The van der Waals surface area contributed by atoms with Gasteiger partial charge < -0.3 is 5.73 Å². The van der Waals surface area contributed by atoms with Gasteiger partial charge in [0.1, 0.15) is 6.04 Å². The summed E-state index contributed by atoms with van der Waals surface area (Å²) in [5.41, 5.74) is 4.37. The van der Waals surface area contributed by atoms with E-state index >= 15 is 0 Å². The lowest BCUT2D eigenvalue weighted by atomic mass is 9.78. The van der Waals surface area contributed by atoms with E-state index in [9.17, 15) is 13.2 Å². The van der Waals surface area contributed by atoms with Gasteiger partial charge in [0.2, 0.25) is 0 Å². The van der Waals surface area contributed by atoms with Crippen LogP contribution in [0.25, 0.3) is 0 Å².